The van der Waals surface area contributed by atoms with Crippen molar-refractivity contribution in [3.8, 4) is 5.75 Å². The predicted octanol–water partition coefficient (Wildman–Crippen LogP) is 2.27. The molecule has 1 unspecified atom stereocenters. The van der Waals surface area contributed by atoms with Crippen LogP contribution in [0.4, 0.5) is 5.69 Å². The maximum absolute atomic E-state index is 12.1. The molecule has 1 N–H and O–H groups in total. The molecule has 2 aliphatic heterocycles. The number of anilines is 1. The number of benzene rings is 2. The van der Waals surface area contributed by atoms with Crippen LogP contribution in [0.3, 0.4) is 0 Å². The van der Waals surface area contributed by atoms with Gasteiger partial charge in [-0.15, -0.1) is 0 Å². The van der Waals surface area contributed by atoms with Crippen molar-refractivity contribution in [2.24, 2.45) is 0 Å². The number of hydrogen-bond acceptors (Lipinski definition) is 5. The van der Waals surface area contributed by atoms with Crippen LogP contribution in [0.5, 0.6) is 5.75 Å². The van der Waals surface area contributed by atoms with Crippen molar-refractivity contribution in [1.29, 1.82) is 0 Å². The number of carbonyl (C=O) groups excluding carboxylic acids is 1. The average molecular weight is 430 g/mol. The van der Waals surface area contributed by atoms with Crippen LogP contribution < -0.4 is 10.1 Å². The molecule has 1 amide bonds. The third-order valence-electron chi connectivity index (χ3n) is 5.73. The number of carbonyl (C=O) groups is 1. The minimum Gasteiger partial charge on any atom is -0.492 e. The molecule has 2 aromatic rings. The van der Waals surface area contributed by atoms with E-state index in [1.165, 1.54) is 6.26 Å². The molecule has 1 fully saturated rings. The Balaban J connectivity index is 1.41. The Morgan fingerprint density at radius 3 is 2.67 bits per heavy atom. The zero-order valence-corrected chi connectivity index (χ0v) is 17.9. The van der Waals surface area contributed by atoms with Gasteiger partial charge in [-0.05, 0) is 35.7 Å². The Bertz CT molecular complexity index is 1010. The van der Waals surface area contributed by atoms with Crippen LogP contribution in [0.25, 0.3) is 0 Å². The highest BCUT2D eigenvalue weighted by Gasteiger charge is 2.32. The first kappa shape index (κ1) is 20.8. The van der Waals surface area contributed by atoms with Crippen molar-refractivity contribution in [2.45, 2.75) is 18.9 Å². The number of sulfonamides is 1. The van der Waals surface area contributed by atoms with Gasteiger partial charge < -0.3 is 10.1 Å². The summed E-state index contributed by atoms with van der Waals surface area (Å²) in [6.07, 6.45) is 2.49. The van der Waals surface area contributed by atoms with E-state index in [2.05, 4.69) is 10.2 Å². The molecule has 1 atom stereocenters. The van der Waals surface area contributed by atoms with Crippen LogP contribution in [0.2, 0.25) is 0 Å². The van der Waals surface area contributed by atoms with Crippen molar-refractivity contribution >= 4 is 21.6 Å². The molecule has 0 spiro atoms. The number of aryl methyl sites for hydroxylation is 1. The van der Waals surface area contributed by atoms with Crippen LogP contribution in [0.15, 0.2) is 48.5 Å². The normalized spacial score (nSPS) is 20.4. The minimum atomic E-state index is -3.22. The quantitative estimate of drug-likeness (QED) is 0.762. The van der Waals surface area contributed by atoms with Crippen LogP contribution in [-0.4, -0.2) is 62.6 Å². The van der Waals surface area contributed by atoms with Gasteiger partial charge in [0.25, 0.3) is 0 Å². The van der Waals surface area contributed by atoms with Crippen molar-refractivity contribution in [2.75, 3.05) is 44.4 Å². The number of rotatable bonds is 6. The molecular weight excluding hydrogens is 402 g/mol. The minimum absolute atomic E-state index is 0.00276. The Kier molecular flexibility index (Phi) is 6.08. The van der Waals surface area contributed by atoms with Gasteiger partial charge >= 0.3 is 0 Å². The number of nitrogens with one attached hydrogen (secondary N) is 1. The molecule has 2 heterocycles. The van der Waals surface area contributed by atoms with Gasteiger partial charge in [0, 0.05) is 44.3 Å². The third-order valence-corrected chi connectivity index (χ3v) is 7.00. The highest BCUT2D eigenvalue weighted by Crippen LogP contribution is 2.28. The molecule has 2 aliphatic rings. The Morgan fingerprint density at radius 1 is 1.10 bits per heavy atom. The lowest BCUT2D eigenvalue weighted by Crippen LogP contribution is -2.51. The van der Waals surface area contributed by atoms with E-state index in [0.29, 0.717) is 39.2 Å². The van der Waals surface area contributed by atoms with E-state index in [1.807, 2.05) is 48.5 Å². The molecule has 7 nitrogen and oxygen atoms in total. The second kappa shape index (κ2) is 8.75. The molecule has 1 saturated heterocycles. The second-order valence-corrected chi connectivity index (χ2v) is 9.78. The van der Waals surface area contributed by atoms with E-state index < -0.39 is 10.0 Å². The zero-order chi connectivity index (χ0) is 21.1. The van der Waals surface area contributed by atoms with Gasteiger partial charge in [-0.1, -0.05) is 30.3 Å². The summed E-state index contributed by atoms with van der Waals surface area (Å²) in [5, 5.41) is 2.88. The highest BCUT2D eigenvalue weighted by molar-refractivity contribution is 7.88. The van der Waals surface area contributed by atoms with Crippen LogP contribution in [0, 0.1) is 0 Å². The van der Waals surface area contributed by atoms with Crippen molar-refractivity contribution in [3.63, 3.8) is 0 Å². The standard InChI is InChI=1S/C22H27N3O4S/c1-30(27,28)25-12-11-24(21(16-25)17-5-3-2-4-6-17)13-14-29-19-8-9-20-18(15-19)7-10-22(26)23-20/h2-6,8-9,15,21H,7,10-14,16H2,1H3,(H,23,26). The van der Waals surface area contributed by atoms with E-state index in [0.717, 1.165) is 29.0 Å². The summed E-state index contributed by atoms with van der Waals surface area (Å²) in [7, 11) is -3.22. The van der Waals surface area contributed by atoms with Crippen LogP contribution in [0.1, 0.15) is 23.6 Å². The average Bonchev–Trinajstić information content (AvgIpc) is 2.74. The molecule has 0 bridgehead atoms. The number of fused-ring (bicyclic) bond motifs is 1. The van der Waals surface area contributed by atoms with E-state index in [9.17, 15) is 13.2 Å². The molecule has 2 aromatic carbocycles. The summed E-state index contributed by atoms with van der Waals surface area (Å²) >= 11 is 0. The van der Waals surface area contributed by atoms with E-state index >= 15 is 0 Å². The molecule has 0 radical (unpaired) electrons. The van der Waals surface area contributed by atoms with Crippen LogP contribution >= 0.6 is 0 Å². The first-order valence-electron chi connectivity index (χ1n) is 10.2. The lowest BCUT2D eigenvalue weighted by molar-refractivity contribution is -0.116. The smallest absolute Gasteiger partial charge is 0.224 e. The van der Waals surface area contributed by atoms with Crippen molar-refractivity contribution < 1.29 is 17.9 Å². The number of ether oxygens (including phenoxy) is 1. The fraction of sp³-hybridized carbons (Fsp3) is 0.409. The summed E-state index contributed by atoms with van der Waals surface area (Å²) in [4.78, 5) is 13.8. The summed E-state index contributed by atoms with van der Waals surface area (Å²) in [6, 6.07) is 15.8. The molecular formula is C22H27N3O4S. The molecule has 0 aliphatic carbocycles. The number of nitrogens with zero attached hydrogens (tertiary/aromatic N) is 2. The second-order valence-electron chi connectivity index (χ2n) is 7.80. The van der Waals surface area contributed by atoms with Gasteiger partial charge in [-0.25, -0.2) is 8.42 Å². The summed E-state index contributed by atoms with van der Waals surface area (Å²) < 4.78 is 31.7. The summed E-state index contributed by atoms with van der Waals surface area (Å²) in [5.74, 6) is 0.840. The SMILES string of the molecule is CS(=O)(=O)N1CCN(CCOc2ccc3c(c2)CCC(=O)N3)C(c2ccccc2)C1. The van der Waals surface area contributed by atoms with Gasteiger partial charge in [0.05, 0.1) is 6.26 Å². The fourth-order valence-corrected chi connectivity index (χ4v) is 4.91. The van der Waals surface area contributed by atoms with Gasteiger partial charge in [0.2, 0.25) is 15.9 Å². The zero-order valence-electron chi connectivity index (χ0n) is 17.1. The Labute approximate surface area is 177 Å². The van der Waals surface area contributed by atoms with Gasteiger partial charge in [0.15, 0.2) is 0 Å². The highest BCUT2D eigenvalue weighted by atomic mass is 32.2. The number of amides is 1. The first-order chi connectivity index (χ1) is 14.4. The molecule has 4 rings (SSSR count). The first-order valence-corrected chi connectivity index (χ1v) is 12.0. The predicted molar refractivity (Wildman–Crippen MR) is 116 cm³/mol. The third kappa shape index (κ3) is 4.83. The summed E-state index contributed by atoms with van der Waals surface area (Å²) in [5.41, 5.74) is 3.06. The van der Waals surface area contributed by atoms with Gasteiger partial charge in [-0.2, -0.15) is 4.31 Å². The van der Waals surface area contributed by atoms with Gasteiger partial charge in [-0.3, -0.25) is 9.69 Å². The van der Waals surface area contributed by atoms with E-state index in [-0.39, 0.29) is 11.9 Å². The fourth-order valence-electron chi connectivity index (χ4n) is 4.09. The molecule has 0 aromatic heterocycles. The topological polar surface area (TPSA) is 79.0 Å². The maximum Gasteiger partial charge on any atom is 0.224 e. The van der Waals surface area contributed by atoms with Crippen molar-refractivity contribution in [1.82, 2.24) is 9.21 Å². The maximum atomic E-state index is 12.1. The van der Waals surface area contributed by atoms with E-state index in [4.69, 9.17) is 4.74 Å². The number of piperazine rings is 1. The Hall–Kier alpha value is -2.42. The monoisotopic (exact) mass is 429 g/mol. The van der Waals surface area contributed by atoms with Crippen molar-refractivity contribution in [3.05, 3.63) is 59.7 Å². The summed E-state index contributed by atoms with van der Waals surface area (Å²) in [6.45, 7) is 2.80. The van der Waals surface area contributed by atoms with Gasteiger partial charge in [0.1, 0.15) is 12.4 Å². The largest absolute Gasteiger partial charge is 0.492 e. The number of hydrogen-bond donors (Lipinski definition) is 1. The molecule has 160 valence electrons. The molecule has 0 saturated carbocycles. The molecule has 30 heavy (non-hydrogen) atoms. The lowest BCUT2D eigenvalue weighted by atomic mass is 10.0. The van der Waals surface area contributed by atoms with E-state index in [1.54, 1.807) is 4.31 Å². The Morgan fingerprint density at radius 2 is 1.90 bits per heavy atom. The lowest BCUT2D eigenvalue weighted by Gasteiger charge is -2.40. The van der Waals surface area contributed by atoms with Crippen LogP contribution in [-0.2, 0) is 21.2 Å². The molecule has 8 heteroatoms.